The number of aliphatic imine (C=N–C) groups is 1. The van der Waals surface area contributed by atoms with Gasteiger partial charge in [0.05, 0.1) is 25.4 Å². The molecule has 0 radical (unpaired) electrons. The van der Waals surface area contributed by atoms with E-state index in [1.807, 2.05) is 13.8 Å². The zero-order chi connectivity index (χ0) is 13.9. The fraction of sp³-hybridized carbons (Fsp3) is 0.769. The Morgan fingerprint density at radius 3 is 2.42 bits per heavy atom. The van der Waals surface area contributed by atoms with Crippen molar-refractivity contribution in [3.05, 3.63) is 0 Å². The van der Waals surface area contributed by atoms with Crippen LogP contribution < -0.4 is 5.73 Å². The standard InChI is InChI=1S/C13H16N4O2/c1-3-4-10(2)11(7-14)9(16)17-13(12(10,11)8-15)18-5-6-19-13/h3-6H2,1-2H3,(H2,16,17)/t10-,11+,12-/m1/s1. The lowest BCUT2D eigenvalue weighted by atomic mass is 9.87. The Labute approximate surface area is 111 Å². The van der Waals surface area contributed by atoms with Crippen molar-refractivity contribution < 1.29 is 9.47 Å². The topological polar surface area (TPSA) is 104 Å². The fourth-order valence-electron chi connectivity index (χ4n) is 4.27. The van der Waals surface area contributed by atoms with E-state index in [1.54, 1.807) is 0 Å². The van der Waals surface area contributed by atoms with E-state index in [1.165, 1.54) is 0 Å². The molecule has 0 aromatic heterocycles. The number of ether oxygens (including phenoxy) is 2. The van der Waals surface area contributed by atoms with Crippen molar-refractivity contribution in [1.29, 1.82) is 10.5 Å². The molecule has 100 valence electrons. The van der Waals surface area contributed by atoms with Crippen LogP contribution in [0.1, 0.15) is 26.7 Å². The molecule has 19 heavy (non-hydrogen) atoms. The summed E-state index contributed by atoms with van der Waals surface area (Å²) in [4.78, 5) is 4.22. The van der Waals surface area contributed by atoms with Crippen molar-refractivity contribution in [2.75, 3.05) is 13.2 Å². The molecule has 3 rings (SSSR count). The van der Waals surface area contributed by atoms with Crippen LogP contribution in [0.4, 0.5) is 0 Å². The predicted octanol–water partition coefficient (Wildman–Crippen LogP) is 0.898. The molecular weight excluding hydrogens is 244 g/mol. The van der Waals surface area contributed by atoms with Crippen LogP contribution in [0.2, 0.25) is 0 Å². The Hall–Kier alpha value is -1.63. The molecule has 0 amide bonds. The summed E-state index contributed by atoms with van der Waals surface area (Å²) in [5.41, 5.74) is 3.21. The summed E-state index contributed by atoms with van der Waals surface area (Å²) in [6.45, 7) is 4.66. The lowest BCUT2D eigenvalue weighted by Gasteiger charge is -2.29. The van der Waals surface area contributed by atoms with E-state index >= 15 is 0 Å². The molecular formula is C13H16N4O2. The molecule has 1 saturated carbocycles. The Morgan fingerprint density at radius 2 is 1.95 bits per heavy atom. The monoisotopic (exact) mass is 260 g/mol. The second-order valence-corrected chi connectivity index (χ2v) is 5.58. The Bertz CT molecular complexity index is 554. The summed E-state index contributed by atoms with van der Waals surface area (Å²) in [5, 5.41) is 19.4. The van der Waals surface area contributed by atoms with Gasteiger partial charge in [-0.3, -0.25) is 0 Å². The first-order valence-electron chi connectivity index (χ1n) is 6.48. The second-order valence-electron chi connectivity index (χ2n) is 5.58. The van der Waals surface area contributed by atoms with Crippen molar-refractivity contribution in [2.45, 2.75) is 32.6 Å². The van der Waals surface area contributed by atoms with Gasteiger partial charge in [-0.15, -0.1) is 0 Å². The zero-order valence-corrected chi connectivity index (χ0v) is 11.1. The Balaban J connectivity index is 2.23. The minimum absolute atomic E-state index is 0.175. The highest BCUT2D eigenvalue weighted by Gasteiger charge is 2.99. The van der Waals surface area contributed by atoms with Crippen LogP contribution in [0.3, 0.4) is 0 Å². The summed E-state index contributed by atoms with van der Waals surface area (Å²) in [5.74, 6) is -1.21. The minimum atomic E-state index is -1.38. The number of nitrogens with zero attached hydrogens (tertiary/aromatic N) is 3. The van der Waals surface area contributed by atoms with Crippen LogP contribution in [0.15, 0.2) is 4.99 Å². The first kappa shape index (κ1) is 12.4. The molecule has 6 nitrogen and oxygen atoms in total. The van der Waals surface area contributed by atoms with Crippen molar-refractivity contribution in [2.24, 2.45) is 27.0 Å². The maximum Gasteiger partial charge on any atom is 0.293 e. The quantitative estimate of drug-likeness (QED) is 0.794. The van der Waals surface area contributed by atoms with E-state index in [0.717, 1.165) is 6.42 Å². The van der Waals surface area contributed by atoms with Gasteiger partial charge < -0.3 is 15.2 Å². The third kappa shape index (κ3) is 0.869. The number of amidine groups is 1. The molecule has 2 aliphatic heterocycles. The molecule has 3 atom stereocenters. The van der Waals surface area contributed by atoms with E-state index in [4.69, 9.17) is 15.2 Å². The van der Waals surface area contributed by atoms with Gasteiger partial charge in [0.25, 0.3) is 5.91 Å². The van der Waals surface area contributed by atoms with Crippen LogP contribution in [0.5, 0.6) is 0 Å². The summed E-state index contributed by atoms with van der Waals surface area (Å²) in [6.07, 6.45) is 1.56. The molecule has 0 bridgehead atoms. The van der Waals surface area contributed by atoms with E-state index in [-0.39, 0.29) is 5.84 Å². The van der Waals surface area contributed by atoms with E-state index in [9.17, 15) is 10.5 Å². The van der Waals surface area contributed by atoms with Gasteiger partial charge in [0.1, 0.15) is 11.3 Å². The molecule has 1 aliphatic carbocycles. The average molecular weight is 260 g/mol. The highest BCUT2D eigenvalue weighted by Crippen LogP contribution is 2.86. The molecule has 0 aromatic rings. The van der Waals surface area contributed by atoms with Gasteiger partial charge in [0.15, 0.2) is 5.41 Å². The molecule has 2 heterocycles. The summed E-state index contributed by atoms with van der Waals surface area (Å²) < 4.78 is 11.3. The van der Waals surface area contributed by atoms with Gasteiger partial charge >= 0.3 is 0 Å². The summed E-state index contributed by atoms with van der Waals surface area (Å²) in [6, 6.07) is 4.52. The van der Waals surface area contributed by atoms with Gasteiger partial charge in [-0.1, -0.05) is 20.3 Å². The lowest BCUT2D eigenvalue weighted by molar-refractivity contribution is -0.191. The molecule has 2 N–H and O–H groups in total. The molecule has 1 saturated heterocycles. The van der Waals surface area contributed by atoms with Crippen molar-refractivity contribution >= 4 is 5.84 Å². The van der Waals surface area contributed by atoms with Crippen LogP contribution in [0.25, 0.3) is 0 Å². The maximum atomic E-state index is 9.78. The molecule has 0 aromatic carbocycles. The average Bonchev–Trinajstić information content (AvgIpc) is 2.72. The molecule has 2 fully saturated rings. The van der Waals surface area contributed by atoms with Crippen LogP contribution >= 0.6 is 0 Å². The zero-order valence-electron chi connectivity index (χ0n) is 11.1. The third-order valence-electron chi connectivity index (χ3n) is 5.05. The van der Waals surface area contributed by atoms with Gasteiger partial charge in [-0.05, 0) is 6.42 Å². The number of hydrogen-bond acceptors (Lipinski definition) is 6. The van der Waals surface area contributed by atoms with Crippen molar-refractivity contribution in [3.63, 3.8) is 0 Å². The summed E-state index contributed by atoms with van der Waals surface area (Å²) in [7, 11) is 0. The number of fused-ring (bicyclic) bond motifs is 2. The molecule has 3 aliphatic rings. The van der Waals surface area contributed by atoms with Gasteiger partial charge in [0.2, 0.25) is 0 Å². The van der Waals surface area contributed by atoms with Crippen molar-refractivity contribution in [3.8, 4) is 12.1 Å². The maximum absolute atomic E-state index is 9.78. The Morgan fingerprint density at radius 1 is 1.32 bits per heavy atom. The third-order valence-corrected chi connectivity index (χ3v) is 5.05. The Kier molecular flexibility index (Phi) is 2.14. The first-order chi connectivity index (χ1) is 9.02. The second kappa shape index (κ2) is 3.27. The normalized spacial score (nSPS) is 45.4. The fourth-order valence-corrected chi connectivity index (χ4v) is 4.27. The number of nitrogens with two attached hydrogens (primary N) is 1. The number of rotatable bonds is 2. The predicted molar refractivity (Wildman–Crippen MR) is 65.4 cm³/mol. The highest BCUT2D eigenvalue weighted by molar-refractivity contribution is 6.00. The highest BCUT2D eigenvalue weighted by atomic mass is 16.8. The van der Waals surface area contributed by atoms with Crippen LogP contribution in [0, 0.1) is 38.9 Å². The number of hydrogen-bond donors (Lipinski definition) is 1. The smallest absolute Gasteiger partial charge is 0.293 e. The van der Waals surface area contributed by atoms with E-state index < -0.39 is 22.2 Å². The van der Waals surface area contributed by atoms with Crippen molar-refractivity contribution in [1.82, 2.24) is 0 Å². The minimum Gasteiger partial charge on any atom is -0.386 e. The molecule has 1 spiro atoms. The van der Waals surface area contributed by atoms with Crippen LogP contribution in [-0.2, 0) is 9.47 Å². The van der Waals surface area contributed by atoms with E-state index in [0.29, 0.717) is 19.6 Å². The van der Waals surface area contributed by atoms with Crippen LogP contribution in [-0.4, -0.2) is 25.0 Å². The summed E-state index contributed by atoms with van der Waals surface area (Å²) >= 11 is 0. The first-order valence-corrected chi connectivity index (χ1v) is 6.48. The van der Waals surface area contributed by atoms with E-state index in [2.05, 4.69) is 17.1 Å². The van der Waals surface area contributed by atoms with Gasteiger partial charge in [0, 0.05) is 5.41 Å². The van der Waals surface area contributed by atoms with Gasteiger partial charge in [-0.2, -0.15) is 10.5 Å². The lowest BCUT2D eigenvalue weighted by Crippen LogP contribution is -2.40. The van der Waals surface area contributed by atoms with Gasteiger partial charge in [-0.25, -0.2) is 4.99 Å². The largest absolute Gasteiger partial charge is 0.386 e. The SMILES string of the molecule is CCC[C@]1(C)[C@]2(C#N)C(N)=NC3(OCCO3)[C@]12C#N. The molecule has 6 heteroatoms. The molecule has 0 unspecified atom stereocenters. The number of nitriles is 2.